The molecular formula is C36H38N4O5S. The molecular weight excluding hydrogens is 600 g/mol. The molecule has 1 saturated carbocycles. The molecule has 0 unspecified atom stereocenters. The highest BCUT2D eigenvalue weighted by atomic mass is 32.1. The summed E-state index contributed by atoms with van der Waals surface area (Å²) in [5.41, 5.74) is 0.578. The molecule has 2 N–H and O–H groups in total. The van der Waals surface area contributed by atoms with Gasteiger partial charge in [-0.3, -0.25) is 9.59 Å². The van der Waals surface area contributed by atoms with E-state index < -0.39 is 29.7 Å². The molecule has 7 rings (SSSR count). The zero-order valence-corrected chi connectivity index (χ0v) is 26.6. The second-order valence-electron chi connectivity index (χ2n) is 12.5. The summed E-state index contributed by atoms with van der Waals surface area (Å²) in [4.78, 5) is 47.8. The SMILES string of the molecule is COC(=O)[C@@]12C[C@H]1/C=C\CCCCC[C@H](Nc1ccc3ccccc3c1)C(=O)N1C[C@H](Oc3nc4ccccc4s3)C[C@H]1C(=O)N2. The number of fused-ring (bicyclic) bond motifs is 4. The number of ether oxygens (including phenoxy) is 2. The van der Waals surface area contributed by atoms with Crippen LogP contribution in [0.5, 0.6) is 5.19 Å². The van der Waals surface area contributed by atoms with Gasteiger partial charge >= 0.3 is 5.97 Å². The molecule has 1 aromatic heterocycles. The first-order valence-electron chi connectivity index (χ1n) is 16.1. The molecule has 238 valence electrons. The van der Waals surface area contributed by atoms with Gasteiger partial charge in [-0.05, 0) is 60.7 Å². The molecule has 3 aliphatic rings. The topological polar surface area (TPSA) is 110 Å². The lowest BCUT2D eigenvalue weighted by molar-refractivity contribution is -0.148. The Morgan fingerprint density at radius 2 is 1.87 bits per heavy atom. The molecule has 3 aromatic carbocycles. The molecule has 46 heavy (non-hydrogen) atoms. The summed E-state index contributed by atoms with van der Waals surface area (Å²) < 4.78 is 12.5. The van der Waals surface area contributed by atoms with Gasteiger partial charge in [0.25, 0.3) is 5.19 Å². The first-order valence-corrected chi connectivity index (χ1v) is 16.9. The van der Waals surface area contributed by atoms with Crippen LogP contribution in [0.15, 0.2) is 78.9 Å². The van der Waals surface area contributed by atoms with Crippen molar-refractivity contribution in [2.24, 2.45) is 5.92 Å². The summed E-state index contributed by atoms with van der Waals surface area (Å²) in [6.45, 7) is 0.233. The molecule has 0 spiro atoms. The molecule has 9 nitrogen and oxygen atoms in total. The number of anilines is 1. The fraction of sp³-hybridized carbons (Fsp3) is 0.389. The van der Waals surface area contributed by atoms with Gasteiger partial charge in [-0.2, -0.15) is 0 Å². The largest absolute Gasteiger partial charge is 0.467 e. The quantitative estimate of drug-likeness (QED) is 0.209. The van der Waals surface area contributed by atoms with E-state index in [1.807, 2.05) is 54.6 Å². The molecule has 2 aliphatic heterocycles. The number of hydrogen-bond donors (Lipinski definition) is 2. The van der Waals surface area contributed by atoms with E-state index in [4.69, 9.17) is 9.47 Å². The number of amides is 2. The number of nitrogens with one attached hydrogen (secondary N) is 2. The maximum atomic E-state index is 14.5. The maximum Gasteiger partial charge on any atom is 0.332 e. The Morgan fingerprint density at radius 1 is 1.04 bits per heavy atom. The van der Waals surface area contributed by atoms with Crippen LogP contribution in [-0.4, -0.2) is 65.0 Å². The molecule has 5 atom stereocenters. The maximum absolute atomic E-state index is 14.5. The molecule has 2 amide bonds. The van der Waals surface area contributed by atoms with Crippen molar-refractivity contribution in [2.45, 2.75) is 68.7 Å². The number of esters is 1. The third-order valence-electron chi connectivity index (χ3n) is 9.42. The van der Waals surface area contributed by atoms with Gasteiger partial charge in [-0.1, -0.05) is 78.8 Å². The van der Waals surface area contributed by atoms with Gasteiger partial charge in [0.1, 0.15) is 23.7 Å². The van der Waals surface area contributed by atoms with Crippen molar-refractivity contribution >= 4 is 55.8 Å². The lowest BCUT2D eigenvalue weighted by atomic mass is 10.0. The van der Waals surface area contributed by atoms with E-state index in [9.17, 15) is 14.4 Å². The van der Waals surface area contributed by atoms with Gasteiger partial charge in [0, 0.05) is 18.0 Å². The van der Waals surface area contributed by atoms with E-state index in [1.165, 1.54) is 18.4 Å². The number of para-hydroxylation sites is 1. The fourth-order valence-corrected chi connectivity index (χ4v) is 7.72. The third-order valence-corrected chi connectivity index (χ3v) is 10.3. The molecule has 1 saturated heterocycles. The number of methoxy groups -OCH3 is 1. The Labute approximate surface area is 272 Å². The Balaban J connectivity index is 1.19. The first-order chi connectivity index (χ1) is 22.4. The number of hydrogen-bond acceptors (Lipinski definition) is 8. The predicted molar refractivity (Wildman–Crippen MR) is 179 cm³/mol. The number of benzene rings is 3. The minimum atomic E-state index is -1.12. The van der Waals surface area contributed by atoms with Gasteiger partial charge in [-0.15, -0.1) is 0 Å². The van der Waals surface area contributed by atoms with Crippen molar-refractivity contribution in [1.29, 1.82) is 0 Å². The van der Waals surface area contributed by atoms with Crippen molar-refractivity contribution in [3.8, 4) is 5.19 Å². The summed E-state index contributed by atoms with van der Waals surface area (Å²) in [6, 6.07) is 20.7. The Kier molecular flexibility index (Phi) is 8.38. The van der Waals surface area contributed by atoms with Crippen LogP contribution in [0.2, 0.25) is 0 Å². The number of aromatic nitrogens is 1. The molecule has 4 aromatic rings. The Morgan fingerprint density at radius 3 is 2.72 bits per heavy atom. The second kappa shape index (κ2) is 12.7. The van der Waals surface area contributed by atoms with E-state index in [-0.39, 0.29) is 30.7 Å². The fourth-order valence-electron chi connectivity index (χ4n) is 6.84. The third kappa shape index (κ3) is 6.06. The van der Waals surface area contributed by atoms with Gasteiger partial charge in [0.15, 0.2) is 0 Å². The number of thiazole rings is 1. The normalized spacial score (nSPS) is 27.5. The van der Waals surface area contributed by atoms with E-state index >= 15 is 0 Å². The molecule has 3 heterocycles. The highest BCUT2D eigenvalue weighted by Gasteiger charge is 2.62. The predicted octanol–water partition coefficient (Wildman–Crippen LogP) is 5.85. The minimum Gasteiger partial charge on any atom is -0.467 e. The highest BCUT2D eigenvalue weighted by Crippen LogP contribution is 2.46. The number of carbonyl (C=O) groups is 3. The van der Waals surface area contributed by atoms with Crippen LogP contribution in [0.4, 0.5) is 5.69 Å². The first kappa shape index (κ1) is 30.2. The van der Waals surface area contributed by atoms with E-state index in [0.717, 1.165) is 52.4 Å². The Hall–Kier alpha value is -4.44. The standard InChI is InChI=1S/C36H38N4O5S/c1-44-34(43)36-21-25(36)13-5-3-2-4-6-15-29(37-26-18-17-23-11-7-8-12-24(23)19-26)33(42)40-22-27(20-30(40)32(41)39-36)45-35-38-28-14-9-10-16-31(28)46-35/h5,7-14,16-19,25,27,29-30,37H,2-4,6,15,20-22H2,1H3,(H,39,41)/b13-5-/t25-,27-,29+,30+,36-/m1/s1. The van der Waals surface area contributed by atoms with E-state index in [0.29, 0.717) is 18.0 Å². The molecule has 1 aliphatic carbocycles. The average Bonchev–Trinajstić information content (AvgIpc) is 3.38. The van der Waals surface area contributed by atoms with Crippen molar-refractivity contribution < 1.29 is 23.9 Å². The number of carbonyl (C=O) groups excluding carboxylic acids is 3. The van der Waals surface area contributed by atoms with Crippen LogP contribution in [0.25, 0.3) is 21.0 Å². The van der Waals surface area contributed by atoms with Gasteiger partial charge in [0.2, 0.25) is 11.8 Å². The second-order valence-corrected chi connectivity index (χ2v) is 13.5. The van der Waals surface area contributed by atoms with E-state index in [1.54, 1.807) is 4.90 Å². The highest BCUT2D eigenvalue weighted by molar-refractivity contribution is 7.20. The van der Waals surface area contributed by atoms with Crippen molar-refractivity contribution in [3.63, 3.8) is 0 Å². The van der Waals surface area contributed by atoms with E-state index in [2.05, 4.69) is 39.9 Å². The zero-order chi connectivity index (χ0) is 31.7. The van der Waals surface area contributed by atoms with Crippen molar-refractivity contribution in [1.82, 2.24) is 15.2 Å². The lowest BCUT2D eigenvalue weighted by Crippen LogP contribution is -2.55. The number of nitrogens with zero attached hydrogens (tertiary/aromatic N) is 2. The van der Waals surface area contributed by atoms with Crippen LogP contribution in [0.3, 0.4) is 0 Å². The van der Waals surface area contributed by atoms with Crippen LogP contribution in [0.1, 0.15) is 44.9 Å². The van der Waals surface area contributed by atoms with Crippen LogP contribution in [0, 0.1) is 5.92 Å². The molecule has 2 fully saturated rings. The molecule has 0 bridgehead atoms. The number of rotatable bonds is 5. The summed E-state index contributed by atoms with van der Waals surface area (Å²) in [6.07, 6.45) is 8.73. The lowest BCUT2D eigenvalue weighted by Gasteiger charge is -2.30. The summed E-state index contributed by atoms with van der Waals surface area (Å²) >= 11 is 1.44. The van der Waals surface area contributed by atoms with Gasteiger partial charge in [0.05, 0.1) is 23.9 Å². The summed E-state index contributed by atoms with van der Waals surface area (Å²) in [5, 5.41) is 9.25. The van der Waals surface area contributed by atoms with Crippen molar-refractivity contribution in [3.05, 3.63) is 78.9 Å². The van der Waals surface area contributed by atoms with Gasteiger partial charge < -0.3 is 25.0 Å². The Bertz CT molecular complexity index is 1770. The zero-order valence-electron chi connectivity index (χ0n) is 25.8. The van der Waals surface area contributed by atoms with Crippen LogP contribution < -0.4 is 15.4 Å². The smallest absolute Gasteiger partial charge is 0.332 e. The molecule has 0 radical (unpaired) electrons. The monoisotopic (exact) mass is 638 g/mol. The summed E-state index contributed by atoms with van der Waals surface area (Å²) in [5.74, 6) is -1.13. The van der Waals surface area contributed by atoms with Gasteiger partial charge in [-0.25, -0.2) is 9.78 Å². The summed E-state index contributed by atoms with van der Waals surface area (Å²) in [7, 11) is 1.34. The van der Waals surface area contributed by atoms with Crippen molar-refractivity contribution in [2.75, 3.05) is 19.0 Å². The average molecular weight is 639 g/mol. The minimum absolute atomic E-state index is 0.142. The van der Waals surface area contributed by atoms with Crippen LogP contribution in [-0.2, 0) is 19.1 Å². The molecule has 10 heteroatoms. The van der Waals surface area contributed by atoms with Crippen LogP contribution >= 0.6 is 11.3 Å². The number of allylic oxidation sites excluding steroid dienone is 1.